The predicted octanol–water partition coefficient (Wildman–Crippen LogP) is 4.25. The maximum atomic E-state index is 11.0. The van der Waals surface area contributed by atoms with Crippen LogP contribution in [0.4, 0.5) is 5.69 Å². The van der Waals surface area contributed by atoms with Gasteiger partial charge in [0.15, 0.2) is 0 Å². The quantitative estimate of drug-likeness (QED) is 0.477. The molecule has 2 aromatic carbocycles. The second kappa shape index (κ2) is 7.45. The third-order valence-electron chi connectivity index (χ3n) is 4.25. The Balaban J connectivity index is 1.85. The number of benzene rings is 2. The number of nitro benzene ring substituents is 1. The van der Waals surface area contributed by atoms with E-state index >= 15 is 0 Å². The number of nitrogens with zero attached hydrogens (tertiary/aromatic N) is 3. The first-order valence-electron chi connectivity index (χ1n) is 8.03. The number of non-ortho nitro benzene ring substituents is 1. The molecule has 0 spiro atoms. The van der Waals surface area contributed by atoms with Gasteiger partial charge in [-0.1, -0.05) is 48.5 Å². The molecule has 25 heavy (non-hydrogen) atoms. The van der Waals surface area contributed by atoms with Crippen molar-refractivity contribution in [2.45, 2.75) is 6.42 Å². The van der Waals surface area contributed by atoms with E-state index in [0.717, 1.165) is 18.7 Å². The molecule has 1 aliphatic heterocycles. The van der Waals surface area contributed by atoms with Gasteiger partial charge in [-0.3, -0.25) is 10.1 Å². The Labute approximate surface area is 146 Å². The Morgan fingerprint density at radius 3 is 2.64 bits per heavy atom. The van der Waals surface area contributed by atoms with E-state index < -0.39 is 4.92 Å². The normalized spacial score (nSPS) is 14.6. The Bertz CT molecular complexity index is 879. The fraction of sp³-hybridized carbons (Fsp3) is 0.150. The van der Waals surface area contributed by atoms with Crippen molar-refractivity contribution in [3.8, 4) is 6.07 Å². The van der Waals surface area contributed by atoms with Gasteiger partial charge in [0.2, 0.25) is 0 Å². The average Bonchev–Trinajstić information content (AvgIpc) is 2.67. The first-order valence-corrected chi connectivity index (χ1v) is 8.03. The van der Waals surface area contributed by atoms with E-state index in [1.165, 1.54) is 29.3 Å². The van der Waals surface area contributed by atoms with Crippen LogP contribution in [0.15, 0.2) is 66.7 Å². The van der Waals surface area contributed by atoms with Crippen LogP contribution in [0.25, 0.3) is 11.3 Å². The molecule has 2 aromatic rings. The van der Waals surface area contributed by atoms with Crippen molar-refractivity contribution in [2.75, 3.05) is 13.1 Å². The summed E-state index contributed by atoms with van der Waals surface area (Å²) < 4.78 is 0. The SMILES string of the molecule is N#C/C=C(\c1cccc([N+](=O)[O-])c1)N1CC=C(c2ccccc2)CC1. The molecule has 0 aromatic heterocycles. The van der Waals surface area contributed by atoms with Crippen LogP contribution in [-0.2, 0) is 0 Å². The fourth-order valence-corrected chi connectivity index (χ4v) is 3.00. The van der Waals surface area contributed by atoms with Crippen molar-refractivity contribution in [1.29, 1.82) is 5.26 Å². The molecular weight excluding hydrogens is 314 g/mol. The molecule has 1 heterocycles. The van der Waals surface area contributed by atoms with E-state index in [9.17, 15) is 10.1 Å². The molecule has 124 valence electrons. The lowest BCUT2D eigenvalue weighted by Crippen LogP contribution is -2.27. The lowest BCUT2D eigenvalue weighted by molar-refractivity contribution is -0.384. The molecule has 1 aliphatic rings. The van der Waals surface area contributed by atoms with Gasteiger partial charge < -0.3 is 4.90 Å². The summed E-state index contributed by atoms with van der Waals surface area (Å²) in [6, 6.07) is 18.7. The first kappa shape index (κ1) is 16.5. The summed E-state index contributed by atoms with van der Waals surface area (Å²) in [7, 11) is 0. The zero-order chi connectivity index (χ0) is 17.6. The Morgan fingerprint density at radius 2 is 2.00 bits per heavy atom. The summed E-state index contributed by atoms with van der Waals surface area (Å²) in [6.45, 7) is 1.43. The maximum absolute atomic E-state index is 11.0. The smallest absolute Gasteiger partial charge is 0.270 e. The molecular formula is C20H17N3O2. The van der Waals surface area contributed by atoms with Crippen LogP contribution in [0, 0.1) is 21.4 Å². The number of rotatable bonds is 4. The van der Waals surface area contributed by atoms with Crippen LogP contribution in [-0.4, -0.2) is 22.9 Å². The minimum absolute atomic E-state index is 0.0267. The molecule has 0 atom stereocenters. The van der Waals surface area contributed by atoms with Crippen molar-refractivity contribution >= 4 is 17.0 Å². The van der Waals surface area contributed by atoms with Crippen LogP contribution in [0.2, 0.25) is 0 Å². The molecule has 0 amide bonds. The lowest BCUT2D eigenvalue weighted by Gasteiger charge is -2.30. The van der Waals surface area contributed by atoms with E-state index in [2.05, 4.69) is 29.2 Å². The number of allylic oxidation sites excluding steroid dienone is 1. The van der Waals surface area contributed by atoms with Gasteiger partial charge in [0, 0.05) is 36.9 Å². The summed E-state index contributed by atoms with van der Waals surface area (Å²) in [5, 5.41) is 20.1. The molecule has 0 aliphatic carbocycles. The largest absolute Gasteiger partial charge is 0.366 e. The van der Waals surface area contributed by atoms with Crippen molar-refractivity contribution in [1.82, 2.24) is 4.90 Å². The minimum atomic E-state index is -0.420. The first-order chi connectivity index (χ1) is 12.2. The van der Waals surface area contributed by atoms with Crippen LogP contribution in [0.3, 0.4) is 0 Å². The molecule has 5 nitrogen and oxygen atoms in total. The molecule has 5 heteroatoms. The zero-order valence-electron chi connectivity index (χ0n) is 13.6. The molecule has 0 N–H and O–H groups in total. The highest BCUT2D eigenvalue weighted by Gasteiger charge is 2.18. The predicted molar refractivity (Wildman–Crippen MR) is 97.3 cm³/mol. The van der Waals surface area contributed by atoms with Gasteiger partial charge >= 0.3 is 0 Å². The lowest BCUT2D eigenvalue weighted by atomic mass is 9.98. The summed E-state index contributed by atoms with van der Waals surface area (Å²) in [5.41, 5.74) is 3.93. The number of hydrogen-bond donors (Lipinski definition) is 0. The van der Waals surface area contributed by atoms with Crippen LogP contribution in [0.1, 0.15) is 17.5 Å². The van der Waals surface area contributed by atoms with Gasteiger partial charge in [0.1, 0.15) is 0 Å². The van der Waals surface area contributed by atoms with E-state index in [0.29, 0.717) is 12.1 Å². The average molecular weight is 331 g/mol. The van der Waals surface area contributed by atoms with Crippen LogP contribution in [0.5, 0.6) is 0 Å². The van der Waals surface area contributed by atoms with Gasteiger partial charge in [-0.2, -0.15) is 5.26 Å². The van der Waals surface area contributed by atoms with Gasteiger partial charge in [-0.25, -0.2) is 0 Å². The minimum Gasteiger partial charge on any atom is -0.366 e. The molecule has 0 fully saturated rings. The van der Waals surface area contributed by atoms with E-state index in [1.54, 1.807) is 12.1 Å². The van der Waals surface area contributed by atoms with Crippen molar-refractivity contribution < 1.29 is 4.92 Å². The molecule has 3 rings (SSSR count). The molecule has 0 radical (unpaired) electrons. The molecule has 0 unspecified atom stereocenters. The Morgan fingerprint density at radius 1 is 1.20 bits per heavy atom. The standard InChI is InChI=1S/C20H17N3O2/c21-12-9-20(18-7-4-8-19(15-18)23(24)25)22-13-10-17(11-14-22)16-5-2-1-3-6-16/h1-10,15H,11,13-14H2/b20-9+. The highest BCUT2D eigenvalue weighted by atomic mass is 16.6. The highest BCUT2D eigenvalue weighted by molar-refractivity contribution is 5.71. The highest BCUT2D eigenvalue weighted by Crippen LogP contribution is 2.28. The van der Waals surface area contributed by atoms with E-state index in [4.69, 9.17) is 5.26 Å². The third kappa shape index (κ3) is 3.75. The summed E-state index contributed by atoms with van der Waals surface area (Å²) in [4.78, 5) is 12.7. The van der Waals surface area contributed by atoms with Crippen molar-refractivity contribution in [3.05, 3.63) is 88.0 Å². The van der Waals surface area contributed by atoms with Crippen molar-refractivity contribution in [3.63, 3.8) is 0 Å². The number of nitro groups is 1. The molecule has 0 saturated heterocycles. The second-order valence-electron chi connectivity index (χ2n) is 5.76. The van der Waals surface area contributed by atoms with Gasteiger partial charge in [-0.15, -0.1) is 0 Å². The number of nitriles is 1. The summed E-state index contributed by atoms with van der Waals surface area (Å²) in [6.07, 6.45) is 4.48. The van der Waals surface area contributed by atoms with E-state index in [-0.39, 0.29) is 5.69 Å². The summed E-state index contributed by atoms with van der Waals surface area (Å²) >= 11 is 0. The van der Waals surface area contributed by atoms with E-state index in [1.807, 2.05) is 18.2 Å². The fourth-order valence-electron chi connectivity index (χ4n) is 3.00. The second-order valence-corrected chi connectivity index (χ2v) is 5.76. The van der Waals surface area contributed by atoms with Gasteiger partial charge in [-0.05, 0) is 17.6 Å². The molecule has 0 bridgehead atoms. The Kier molecular flexibility index (Phi) is 4.91. The Hall–Kier alpha value is -3.39. The topological polar surface area (TPSA) is 70.2 Å². The van der Waals surface area contributed by atoms with Crippen molar-refractivity contribution in [2.24, 2.45) is 0 Å². The third-order valence-corrected chi connectivity index (χ3v) is 4.25. The monoisotopic (exact) mass is 331 g/mol. The van der Waals surface area contributed by atoms with Crippen LogP contribution >= 0.6 is 0 Å². The van der Waals surface area contributed by atoms with Gasteiger partial charge in [0.05, 0.1) is 16.7 Å². The van der Waals surface area contributed by atoms with Crippen LogP contribution < -0.4 is 0 Å². The molecule has 0 saturated carbocycles. The zero-order valence-corrected chi connectivity index (χ0v) is 13.6. The summed E-state index contributed by atoms with van der Waals surface area (Å²) in [5.74, 6) is 0. The number of hydrogen-bond acceptors (Lipinski definition) is 4. The maximum Gasteiger partial charge on any atom is 0.270 e. The van der Waals surface area contributed by atoms with Gasteiger partial charge in [0.25, 0.3) is 5.69 Å².